The molecule has 19 heavy (non-hydrogen) atoms. The summed E-state index contributed by atoms with van der Waals surface area (Å²) in [5.74, 6) is 0.870. The maximum Gasteiger partial charge on any atom is 0.124 e. The van der Waals surface area contributed by atoms with Crippen LogP contribution in [-0.4, -0.2) is 13.7 Å². The van der Waals surface area contributed by atoms with Gasteiger partial charge in [0.1, 0.15) is 5.75 Å². The van der Waals surface area contributed by atoms with Crippen LogP contribution in [0.3, 0.4) is 0 Å². The Labute approximate surface area is 114 Å². The second kappa shape index (κ2) is 7.39. The van der Waals surface area contributed by atoms with Crippen molar-refractivity contribution in [1.82, 2.24) is 0 Å². The molecular formula is C17H18O2. The van der Waals surface area contributed by atoms with E-state index in [-0.39, 0.29) is 0 Å². The Kier molecular flexibility index (Phi) is 5.20. The lowest BCUT2D eigenvalue weighted by molar-refractivity contribution is 0.146. The van der Waals surface area contributed by atoms with Gasteiger partial charge in [-0.2, -0.15) is 0 Å². The summed E-state index contributed by atoms with van der Waals surface area (Å²) in [6.07, 6.45) is 4.08. The van der Waals surface area contributed by atoms with Crippen LogP contribution < -0.4 is 4.74 Å². The molecule has 2 aromatic carbocycles. The summed E-state index contributed by atoms with van der Waals surface area (Å²) >= 11 is 0. The number of para-hydroxylation sites is 1. The van der Waals surface area contributed by atoms with Gasteiger partial charge in [0, 0.05) is 5.56 Å². The Morgan fingerprint density at radius 3 is 2.47 bits per heavy atom. The third-order valence-electron chi connectivity index (χ3n) is 2.77. The van der Waals surface area contributed by atoms with E-state index in [1.54, 1.807) is 7.11 Å². The van der Waals surface area contributed by atoms with Crippen molar-refractivity contribution >= 4 is 6.08 Å². The van der Waals surface area contributed by atoms with E-state index in [9.17, 15) is 0 Å². The smallest absolute Gasteiger partial charge is 0.124 e. The molecule has 2 rings (SSSR count). The zero-order chi connectivity index (χ0) is 13.3. The molecule has 0 radical (unpaired) electrons. The fraction of sp³-hybridized carbons (Fsp3) is 0.176. The van der Waals surface area contributed by atoms with Gasteiger partial charge in [-0.3, -0.25) is 0 Å². The van der Waals surface area contributed by atoms with Gasteiger partial charge in [0.15, 0.2) is 0 Å². The summed E-state index contributed by atoms with van der Waals surface area (Å²) in [5, 5.41) is 0. The summed E-state index contributed by atoms with van der Waals surface area (Å²) in [4.78, 5) is 0. The zero-order valence-corrected chi connectivity index (χ0v) is 11.1. The number of methoxy groups -OCH3 is 1. The molecule has 0 saturated carbocycles. The van der Waals surface area contributed by atoms with Crippen molar-refractivity contribution in [3.05, 3.63) is 71.8 Å². The van der Waals surface area contributed by atoms with Crippen LogP contribution in [0.4, 0.5) is 0 Å². The quantitative estimate of drug-likeness (QED) is 0.727. The number of hydrogen-bond donors (Lipinski definition) is 0. The lowest BCUT2D eigenvalue weighted by atomic mass is 10.2. The number of benzene rings is 2. The lowest BCUT2D eigenvalue weighted by Crippen LogP contribution is -1.96. The van der Waals surface area contributed by atoms with E-state index in [0.717, 1.165) is 11.3 Å². The van der Waals surface area contributed by atoms with E-state index in [1.807, 2.05) is 48.5 Å². The maximum absolute atomic E-state index is 5.62. The molecule has 0 fully saturated rings. The fourth-order valence-corrected chi connectivity index (χ4v) is 1.81. The predicted octanol–water partition coefficient (Wildman–Crippen LogP) is 3.93. The van der Waals surface area contributed by atoms with Crippen LogP contribution in [0.1, 0.15) is 11.1 Å². The van der Waals surface area contributed by atoms with Crippen molar-refractivity contribution in [2.75, 3.05) is 13.7 Å². The van der Waals surface area contributed by atoms with Crippen LogP contribution in [0.15, 0.2) is 60.7 Å². The Hall–Kier alpha value is -2.06. The third-order valence-corrected chi connectivity index (χ3v) is 2.77. The van der Waals surface area contributed by atoms with Gasteiger partial charge in [0.2, 0.25) is 0 Å². The molecule has 0 N–H and O–H groups in total. The van der Waals surface area contributed by atoms with Gasteiger partial charge in [0.25, 0.3) is 0 Å². The minimum atomic E-state index is 0.559. The second-order valence-corrected chi connectivity index (χ2v) is 4.14. The molecule has 2 aromatic rings. The predicted molar refractivity (Wildman–Crippen MR) is 78.1 cm³/mol. The highest BCUT2D eigenvalue weighted by Gasteiger charge is 2.00. The van der Waals surface area contributed by atoms with Gasteiger partial charge in [-0.05, 0) is 11.6 Å². The van der Waals surface area contributed by atoms with Gasteiger partial charge in [-0.1, -0.05) is 60.7 Å². The molecule has 2 nitrogen and oxygen atoms in total. The molecule has 0 saturated heterocycles. The summed E-state index contributed by atoms with van der Waals surface area (Å²) in [7, 11) is 1.67. The van der Waals surface area contributed by atoms with Crippen molar-refractivity contribution < 1.29 is 9.47 Å². The van der Waals surface area contributed by atoms with Crippen LogP contribution >= 0.6 is 0 Å². The van der Waals surface area contributed by atoms with E-state index >= 15 is 0 Å². The highest BCUT2D eigenvalue weighted by molar-refractivity contribution is 5.48. The molecule has 0 unspecified atom stereocenters. The van der Waals surface area contributed by atoms with Crippen molar-refractivity contribution in [1.29, 1.82) is 0 Å². The molecule has 0 bridgehead atoms. The van der Waals surface area contributed by atoms with Gasteiger partial charge < -0.3 is 9.47 Å². The Bertz CT molecular complexity index is 518. The second-order valence-electron chi connectivity index (χ2n) is 4.14. The van der Waals surface area contributed by atoms with Crippen LogP contribution in [0, 0.1) is 0 Å². The molecule has 0 atom stereocenters. The van der Waals surface area contributed by atoms with E-state index in [0.29, 0.717) is 13.2 Å². The first-order valence-electron chi connectivity index (χ1n) is 6.31. The van der Waals surface area contributed by atoms with E-state index in [1.165, 1.54) is 5.56 Å². The van der Waals surface area contributed by atoms with E-state index in [2.05, 4.69) is 18.2 Å². The molecule has 0 aromatic heterocycles. The van der Waals surface area contributed by atoms with E-state index < -0.39 is 0 Å². The average Bonchev–Trinajstić information content (AvgIpc) is 2.48. The topological polar surface area (TPSA) is 18.5 Å². The molecule has 2 heteroatoms. The zero-order valence-electron chi connectivity index (χ0n) is 11.1. The number of hydrogen-bond acceptors (Lipinski definition) is 2. The first-order chi connectivity index (χ1) is 9.40. The van der Waals surface area contributed by atoms with Gasteiger partial charge in [-0.25, -0.2) is 0 Å². The number of rotatable bonds is 6. The summed E-state index contributed by atoms with van der Waals surface area (Å²) in [5.41, 5.74) is 2.25. The van der Waals surface area contributed by atoms with Gasteiger partial charge in [-0.15, -0.1) is 0 Å². The molecule has 0 aliphatic rings. The summed E-state index contributed by atoms with van der Waals surface area (Å²) in [6, 6.07) is 18.1. The van der Waals surface area contributed by atoms with Gasteiger partial charge in [0.05, 0.1) is 20.3 Å². The highest BCUT2D eigenvalue weighted by atomic mass is 16.5. The lowest BCUT2D eigenvalue weighted by Gasteiger charge is -2.07. The van der Waals surface area contributed by atoms with Crippen molar-refractivity contribution in [2.45, 2.75) is 6.61 Å². The third kappa shape index (κ3) is 4.27. The monoisotopic (exact) mass is 254 g/mol. The van der Waals surface area contributed by atoms with Gasteiger partial charge >= 0.3 is 0 Å². The first kappa shape index (κ1) is 13.4. The first-order valence-corrected chi connectivity index (χ1v) is 6.31. The molecule has 0 spiro atoms. The fourth-order valence-electron chi connectivity index (χ4n) is 1.81. The molecular weight excluding hydrogens is 236 g/mol. The highest BCUT2D eigenvalue weighted by Crippen LogP contribution is 2.17. The number of ether oxygens (including phenoxy) is 2. The standard InChI is InChI=1S/C17H18O2/c1-18-17-12-6-5-11-16(17)14-19-13-7-10-15-8-3-2-4-9-15/h2-12H,13-14H2,1H3/b10-7+. The summed E-state index contributed by atoms with van der Waals surface area (Å²) < 4.78 is 10.9. The minimum Gasteiger partial charge on any atom is -0.496 e. The van der Waals surface area contributed by atoms with Crippen LogP contribution in [0.2, 0.25) is 0 Å². The molecule has 0 aliphatic carbocycles. The van der Waals surface area contributed by atoms with E-state index in [4.69, 9.17) is 9.47 Å². The Balaban J connectivity index is 1.79. The van der Waals surface area contributed by atoms with Crippen LogP contribution in [-0.2, 0) is 11.3 Å². The normalized spacial score (nSPS) is 10.8. The van der Waals surface area contributed by atoms with Crippen LogP contribution in [0.5, 0.6) is 5.75 Å². The summed E-state index contributed by atoms with van der Waals surface area (Å²) in [6.45, 7) is 1.15. The minimum absolute atomic E-state index is 0.559. The molecule has 0 aliphatic heterocycles. The van der Waals surface area contributed by atoms with Crippen molar-refractivity contribution in [3.8, 4) is 5.75 Å². The maximum atomic E-state index is 5.62. The Morgan fingerprint density at radius 1 is 0.947 bits per heavy atom. The van der Waals surface area contributed by atoms with Crippen LogP contribution in [0.25, 0.3) is 6.08 Å². The van der Waals surface area contributed by atoms with Crippen molar-refractivity contribution in [2.24, 2.45) is 0 Å². The van der Waals surface area contributed by atoms with Crippen molar-refractivity contribution in [3.63, 3.8) is 0 Å². The molecule has 0 heterocycles. The molecule has 98 valence electrons. The average molecular weight is 254 g/mol. The SMILES string of the molecule is COc1ccccc1COC/C=C/c1ccccc1. The molecule has 0 amide bonds. The largest absolute Gasteiger partial charge is 0.496 e. The Morgan fingerprint density at radius 2 is 1.68 bits per heavy atom.